The van der Waals surface area contributed by atoms with E-state index in [0.29, 0.717) is 5.69 Å². The summed E-state index contributed by atoms with van der Waals surface area (Å²) in [6.45, 7) is 3.82. The van der Waals surface area contributed by atoms with Crippen molar-refractivity contribution in [3.63, 3.8) is 0 Å². The molecule has 124 valence electrons. The largest absolute Gasteiger partial charge is 0.349 e. The van der Waals surface area contributed by atoms with E-state index in [2.05, 4.69) is 10.4 Å². The van der Waals surface area contributed by atoms with Crippen LogP contribution in [0.4, 0.5) is 4.39 Å². The molecule has 0 aliphatic carbocycles. The average molecular weight is 341 g/mol. The average Bonchev–Trinajstić information content (AvgIpc) is 2.45. The minimum atomic E-state index is -0.554. The lowest BCUT2D eigenvalue weighted by Gasteiger charge is -2.18. The van der Waals surface area contributed by atoms with Crippen molar-refractivity contribution in [2.45, 2.75) is 19.4 Å². The zero-order chi connectivity index (χ0) is 16.3. The van der Waals surface area contributed by atoms with Gasteiger partial charge in [-0.1, -0.05) is 0 Å². The Kier molecular flexibility index (Phi) is 6.00. The predicted octanol–water partition coefficient (Wildman–Crippen LogP) is 1.26. The molecule has 1 aromatic carbocycles. The summed E-state index contributed by atoms with van der Waals surface area (Å²) in [7, 11) is 0. The highest BCUT2D eigenvalue weighted by molar-refractivity contribution is 5.92. The number of benzene rings is 1. The smallest absolute Gasteiger partial charge is 0.271 e. The van der Waals surface area contributed by atoms with Gasteiger partial charge in [0.15, 0.2) is 0 Å². The normalized spacial score (nSPS) is 10.8. The standard InChI is InChI=1S/C15H17FN4O2.ClH/c1-15(2,17)9-18-14(22)12-7-8-13(21)20(19-12)11-5-3-10(16)4-6-11;/h3-8H,9,17H2,1-2H3,(H,18,22);1H. The van der Waals surface area contributed by atoms with Crippen molar-refractivity contribution in [2.75, 3.05) is 6.54 Å². The number of nitrogens with two attached hydrogens (primary N) is 1. The van der Waals surface area contributed by atoms with Gasteiger partial charge < -0.3 is 11.1 Å². The first kappa shape index (κ1) is 18.8. The van der Waals surface area contributed by atoms with Gasteiger partial charge in [-0.15, -0.1) is 12.4 Å². The fourth-order valence-electron chi connectivity index (χ4n) is 1.70. The zero-order valence-corrected chi connectivity index (χ0v) is 13.6. The third-order valence-electron chi connectivity index (χ3n) is 2.81. The number of carbonyl (C=O) groups excluding carboxylic acids is 1. The molecule has 0 aliphatic heterocycles. The van der Waals surface area contributed by atoms with Crippen LogP contribution < -0.4 is 16.6 Å². The van der Waals surface area contributed by atoms with E-state index < -0.39 is 22.8 Å². The molecule has 23 heavy (non-hydrogen) atoms. The van der Waals surface area contributed by atoms with Crippen LogP contribution in [-0.2, 0) is 0 Å². The number of nitrogens with one attached hydrogen (secondary N) is 1. The van der Waals surface area contributed by atoms with Gasteiger partial charge in [-0.05, 0) is 44.2 Å². The zero-order valence-electron chi connectivity index (χ0n) is 12.7. The Bertz CT molecular complexity index is 738. The second-order valence-electron chi connectivity index (χ2n) is 5.62. The van der Waals surface area contributed by atoms with E-state index in [9.17, 15) is 14.0 Å². The molecule has 3 N–H and O–H groups in total. The van der Waals surface area contributed by atoms with Gasteiger partial charge in [0, 0.05) is 18.2 Å². The van der Waals surface area contributed by atoms with Crippen LogP contribution in [0.3, 0.4) is 0 Å². The van der Waals surface area contributed by atoms with Crippen LogP contribution in [0.25, 0.3) is 5.69 Å². The summed E-state index contributed by atoms with van der Waals surface area (Å²) in [5, 5.41) is 6.65. The number of halogens is 2. The minimum absolute atomic E-state index is 0. The van der Waals surface area contributed by atoms with Gasteiger partial charge in [0.2, 0.25) is 0 Å². The van der Waals surface area contributed by atoms with E-state index in [-0.39, 0.29) is 24.6 Å². The van der Waals surface area contributed by atoms with Crippen molar-refractivity contribution >= 4 is 18.3 Å². The molecule has 8 heteroatoms. The maximum Gasteiger partial charge on any atom is 0.271 e. The highest BCUT2D eigenvalue weighted by atomic mass is 35.5. The third kappa shape index (κ3) is 5.15. The minimum Gasteiger partial charge on any atom is -0.349 e. The Hall–Kier alpha value is -2.25. The Balaban J connectivity index is 0.00000264. The highest BCUT2D eigenvalue weighted by Gasteiger charge is 2.15. The lowest BCUT2D eigenvalue weighted by atomic mass is 10.1. The molecule has 1 amide bonds. The monoisotopic (exact) mass is 340 g/mol. The van der Waals surface area contributed by atoms with Crippen molar-refractivity contribution in [1.29, 1.82) is 0 Å². The maximum absolute atomic E-state index is 12.9. The number of rotatable bonds is 4. The van der Waals surface area contributed by atoms with Crippen molar-refractivity contribution in [2.24, 2.45) is 5.73 Å². The lowest BCUT2D eigenvalue weighted by Crippen LogP contribution is -2.45. The summed E-state index contributed by atoms with van der Waals surface area (Å²) in [5.74, 6) is -0.856. The molecule has 0 saturated carbocycles. The van der Waals surface area contributed by atoms with Gasteiger partial charge in [0.05, 0.1) is 5.69 Å². The fourth-order valence-corrected chi connectivity index (χ4v) is 1.70. The number of carbonyl (C=O) groups is 1. The summed E-state index contributed by atoms with van der Waals surface area (Å²) in [6, 6.07) is 7.82. The van der Waals surface area contributed by atoms with Gasteiger partial charge in [-0.2, -0.15) is 9.78 Å². The summed E-state index contributed by atoms with van der Waals surface area (Å²) < 4.78 is 14.0. The number of hydrogen-bond donors (Lipinski definition) is 2. The van der Waals surface area contributed by atoms with Crippen LogP contribution in [0.2, 0.25) is 0 Å². The van der Waals surface area contributed by atoms with Crippen LogP contribution in [0.5, 0.6) is 0 Å². The maximum atomic E-state index is 12.9. The van der Waals surface area contributed by atoms with E-state index in [1.54, 1.807) is 13.8 Å². The quantitative estimate of drug-likeness (QED) is 0.876. The molecule has 6 nitrogen and oxygen atoms in total. The van der Waals surface area contributed by atoms with Crippen molar-refractivity contribution in [3.8, 4) is 5.69 Å². The van der Waals surface area contributed by atoms with Crippen molar-refractivity contribution in [1.82, 2.24) is 15.1 Å². The molecule has 0 aliphatic rings. The topological polar surface area (TPSA) is 90.0 Å². The number of hydrogen-bond acceptors (Lipinski definition) is 4. The van der Waals surface area contributed by atoms with Crippen LogP contribution in [0, 0.1) is 5.82 Å². The summed E-state index contributed by atoms with van der Waals surface area (Å²) >= 11 is 0. The number of amides is 1. The SMILES string of the molecule is CC(C)(N)CNC(=O)c1ccc(=O)n(-c2ccc(F)cc2)n1.Cl. The van der Waals surface area contributed by atoms with Crippen LogP contribution in [0.15, 0.2) is 41.2 Å². The Morgan fingerprint density at radius 2 is 1.87 bits per heavy atom. The summed E-state index contributed by atoms with van der Waals surface area (Å²) in [6.07, 6.45) is 0. The second kappa shape index (κ2) is 7.34. The molecule has 0 atom stereocenters. The highest BCUT2D eigenvalue weighted by Crippen LogP contribution is 2.06. The summed E-state index contributed by atoms with van der Waals surface area (Å²) in [5.41, 5.74) is 5.28. The third-order valence-corrected chi connectivity index (χ3v) is 2.81. The predicted molar refractivity (Wildman–Crippen MR) is 87.6 cm³/mol. The lowest BCUT2D eigenvalue weighted by molar-refractivity contribution is 0.0939. The van der Waals surface area contributed by atoms with E-state index in [1.165, 1.54) is 36.4 Å². The van der Waals surface area contributed by atoms with E-state index >= 15 is 0 Å². The fraction of sp³-hybridized carbons (Fsp3) is 0.267. The Labute approximate surface area is 138 Å². The van der Waals surface area contributed by atoms with Gasteiger partial charge in [0.1, 0.15) is 11.5 Å². The van der Waals surface area contributed by atoms with Crippen LogP contribution in [0.1, 0.15) is 24.3 Å². The number of nitrogens with zero attached hydrogens (tertiary/aromatic N) is 2. The van der Waals surface area contributed by atoms with Gasteiger partial charge in [-0.3, -0.25) is 9.59 Å². The molecule has 0 bridgehead atoms. The van der Waals surface area contributed by atoms with Gasteiger partial charge >= 0.3 is 0 Å². The van der Waals surface area contributed by atoms with Crippen molar-refractivity contribution < 1.29 is 9.18 Å². The molecule has 1 aromatic heterocycles. The molecule has 0 saturated heterocycles. The molecule has 1 heterocycles. The summed E-state index contributed by atoms with van der Waals surface area (Å²) in [4.78, 5) is 23.9. The molecular weight excluding hydrogens is 323 g/mol. The number of aromatic nitrogens is 2. The molecule has 0 fully saturated rings. The first-order valence-corrected chi connectivity index (χ1v) is 6.70. The first-order valence-electron chi connectivity index (χ1n) is 6.70. The Morgan fingerprint density at radius 3 is 2.43 bits per heavy atom. The molecule has 2 aromatic rings. The molecule has 2 rings (SSSR count). The van der Waals surface area contributed by atoms with E-state index in [1.807, 2.05) is 0 Å². The van der Waals surface area contributed by atoms with Crippen LogP contribution >= 0.6 is 12.4 Å². The molecule has 0 radical (unpaired) electrons. The Morgan fingerprint density at radius 1 is 1.26 bits per heavy atom. The van der Waals surface area contributed by atoms with Crippen molar-refractivity contribution in [3.05, 3.63) is 58.3 Å². The molecule has 0 spiro atoms. The molecular formula is C15H18ClFN4O2. The van der Waals surface area contributed by atoms with E-state index in [4.69, 9.17) is 5.73 Å². The second-order valence-corrected chi connectivity index (χ2v) is 5.62. The van der Waals surface area contributed by atoms with Crippen LogP contribution in [-0.4, -0.2) is 27.8 Å². The van der Waals surface area contributed by atoms with E-state index in [0.717, 1.165) is 4.68 Å². The molecule has 0 unspecified atom stereocenters. The van der Waals surface area contributed by atoms with Gasteiger partial charge in [0.25, 0.3) is 11.5 Å². The van der Waals surface area contributed by atoms with Gasteiger partial charge in [-0.25, -0.2) is 4.39 Å². The first-order chi connectivity index (χ1) is 10.3.